The molecule has 6 heteroatoms. The Hall–Kier alpha value is -1.30. The lowest BCUT2D eigenvalue weighted by molar-refractivity contribution is -0.142. The number of carbonyl (C=O) groups is 2. The molecule has 1 fully saturated rings. The average Bonchev–Trinajstić information content (AvgIpc) is 2.38. The Morgan fingerprint density at radius 1 is 1.33 bits per heavy atom. The molecule has 0 saturated heterocycles. The summed E-state index contributed by atoms with van der Waals surface area (Å²) in [6.45, 7) is 0.230. The predicted molar refractivity (Wildman–Crippen MR) is 66.5 cm³/mol. The first kappa shape index (κ1) is 14.8. The van der Waals surface area contributed by atoms with Gasteiger partial charge in [0, 0.05) is 19.6 Å². The molecule has 1 saturated carbocycles. The molecular formula is C12H22N2O4. The lowest BCUT2D eigenvalue weighted by atomic mass is 9.95. The van der Waals surface area contributed by atoms with Gasteiger partial charge in [0.15, 0.2) is 0 Å². The summed E-state index contributed by atoms with van der Waals surface area (Å²) in [7, 11) is 1.81. The Balaban J connectivity index is 2.13. The van der Waals surface area contributed by atoms with Gasteiger partial charge in [0.1, 0.15) is 6.61 Å². The molecule has 0 radical (unpaired) electrons. The first-order valence-corrected chi connectivity index (χ1v) is 6.41. The first-order chi connectivity index (χ1) is 8.61. The molecule has 2 N–H and O–H groups in total. The second-order valence-corrected chi connectivity index (χ2v) is 4.58. The fraction of sp³-hybridized carbons (Fsp3) is 0.833. The summed E-state index contributed by atoms with van der Waals surface area (Å²) in [6, 6.07) is 0.222. The minimum Gasteiger partial charge on any atom is -0.480 e. The van der Waals surface area contributed by atoms with Crippen LogP contribution < -0.4 is 5.32 Å². The molecule has 0 aromatic heterocycles. The van der Waals surface area contributed by atoms with E-state index in [-0.39, 0.29) is 19.2 Å². The number of carboxylic acids is 1. The van der Waals surface area contributed by atoms with E-state index in [1.807, 2.05) is 7.05 Å². The molecule has 0 bridgehead atoms. The Morgan fingerprint density at radius 2 is 2.00 bits per heavy atom. The maximum atomic E-state index is 11.8. The second kappa shape index (κ2) is 7.92. The molecule has 0 aromatic carbocycles. The van der Waals surface area contributed by atoms with Crippen molar-refractivity contribution in [2.75, 3.05) is 26.8 Å². The van der Waals surface area contributed by atoms with E-state index in [0.29, 0.717) is 12.6 Å². The van der Waals surface area contributed by atoms with Gasteiger partial charge in [0.2, 0.25) is 0 Å². The van der Waals surface area contributed by atoms with Gasteiger partial charge in [0.25, 0.3) is 0 Å². The van der Waals surface area contributed by atoms with E-state index in [0.717, 1.165) is 12.8 Å². The largest absolute Gasteiger partial charge is 0.480 e. The van der Waals surface area contributed by atoms with Crippen LogP contribution in [0.4, 0.5) is 4.79 Å². The molecule has 1 aliphatic rings. The summed E-state index contributed by atoms with van der Waals surface area (Å²) < 4.78 is 4.84. The van der Waals surface area contributed by atoms with Gasteiger partial charge in [-0.25, -0.2) is 9.59 Å². The van der Waals surface area contributed by atoms with Crippen molar-refractivity contribution in [2.24, 2.45) is 0 Å². The number of hydrogen-bond donors (Lipinski definition) is 2. The fourth-order valence-electron chi connectivity index (χ4n) is 2.15. The molecule has 1 aliphatic carbocycles. The number of nitrogens with one attached hydrogen (secondary N) is 1. The minimum atomic E-state index is -0.999. The standard InChI is InChI=1S/C12H22N2O4/c1-14(10-5-3-2-4-6-10)12(17)13-7-8-18-9-11(15)16/h10H,2-9H2,1H3,(H,13,17)(H,15,16). The normalized spacial score (nSPS) is 16.3. The number of urea groups is 1. The van der Waals surface area contributed by atoms with Gasteiger partial charge in [-0.15, -0.1) is 0 Å². The van der Waals surface area contributed by atoms with Crippen molar-refractivity contribution in [1.29, 1.82) is 0 Å². The van der Waals surface area contributed by atoms with Gasteiger partial charge in [-0.3, -0.25) is 0 Å². The van der Waals surface area contributed by atoms with Crippen molar-refractivity contribution in [3.8, 4) is 0 Å². The van der Waals surface area contributed by atoms with E-state index in [4.69, 9.17) is 9.84 Å². The van der Waals surface area contributed by atoms with Crippen LogP contribution in [0.15, 0.2) is 0 Å². The van der Waals surface area contributed by atoms with Crippen molar-refractivity contribution in [3.05, 3.63) is 0 Å². The zero-order valence-electron chi connectivity index (χ0n) is 10.9. The van der Waals surface area contributed by atoms with Crippen LogP contribution in [0.3, 0.4) is 0 Å². The summed E-state index contributed by atoms with van der Waals surface area (Å²) in [5.41, 5.74) is 0. The number of ether oxygens (including phenoxy) is 1. The first-order valence-electron chi connectivity index (χ1n) is 6.41. The SMILES string of the molecule is CN(C(=O)NCCOCC(=O)O)C1CCCCC1. The van der Waals surface area contributed by atoms with E-state index in [1.54, 1.807) is 4.90 Å². The van der Waals surface area contributed by atoms with Gasteiger partial charge in [-0.1, -0.05) is 19.3 Å². The van der Waals surface area contributed by atoms with Gasteiger partial charge in [-0.05, 0) is 12.8 Å². The Kier molecular flexibility index (Phi) is 6.49. The van der Waals surface area contributed by atoms with Crippen LogP contribution in [0.2, 0.25) is 0 Å². The topological polar surface area (TPSA) is 78.9 Å². The lowest BCUT2D eigenvalue weighted by Crippen LogP contribution is -2.45. The smallest absolute Gasteiger partial charge is 0.329 e. The Labute approximate surface area is 107 Å². The summed E-state index contributed by atoms with van der Waals surface area (Å²) in [5.74, 6) is -0.999. The summed E-state index contributed by atoms with van der Waals surface area (Å²) in [5, 5.41) is 11.1. The molecule has 6 nitrogen and oxygen atoms in total. The van der Waals surface area contributed by atoms with Crippen LogP contribution >= 0.6 is 0 Å². The third kappa shape index (κ3) is 5.35. The third-order valence-corrected chi connectivity index (χ3v) is 3.19. The van der Waals surface area contributed by atoms with Crippen LogP contribution in [0.5, 0.6) is 0 Å². The number of carbonyl (C=O) groups excluding carboxylic acids is 1. The summed E-state index contributed by atoms with van der Waals surface area (Å²) >= 11 is 0. The highest BCUT2D eigenvalue weighted by atomic mass is 16.5. The number of rotatable bonds is 6. The van der Waals surface area contributed by atoms with Gasteiger partial charge >= 0.3 is 12.0 Å². The molecular weight excluding hydrogens is 236 g/mol. The highest BCUT2D eigenvalue weighted by molar-refractivity contribution is 5.74. The van der Waals surface area contributed by atoms with Gasteiger partial charge in [-0.2, -0.15) is 0 Å². The molecule has 1 rings (SSSR count). The number of aliphatic carboxylic acids is 1. The van der Waals surface area contributed by atoms with Crippen LogP contribution in [0.1, 0.15) is 32.1 Å². The number of carboxylic acid groups (broad SMARTS) is 1. The third-order valence-electron chi connectivity index (χ3n) is 3.19. The van der Waals surface area contributed by atoms with E-state index in [9.17, 15) is 9.59 Å². The number of nitrogens with zero attached hydrogens (tertiary/aromatic N) is 1. The molecule has 2 amide bonds. The highest BCUT2D eigenvalue weighted by Crippen LogP contribution is 2.21. The van der Waals surface area contributed by atoms with Crippen LogP contribution in [0.25, 0.3) is 0 Å². The minimum absolute atomic E-state index is 0.110. The van der Waals surface area contributed by atoms with E-state index in [1.165, 1.54) is 19.3 Å². The quantitative estimate of drug-likeness (QED) is 0.698. The zero-order chi connectivity index (χ0) is 13.4. The molecule has 0 atom stereocenters. The number of amides is 2. The zero-order valence-corrected chi connectivity index (χ0v) is 10.9. The molecule has 0 heterocycles. The van der Waals surface area contributed by atoms with E-state index < -0.39 is 5.97 Å². The van der Waals surface area contributed by atoms with Crippen molar-refractivity contribution in [1.82, 2.24) is 10.2 Å². The molecule has 18 heavy (non-hydrogen) atoms. The highest BCUT2D eigenvalue weighted by Gasteiger charge is 2.21. The van der Waals surface area contributed by atoms with Crippen molar-refractivity contribution in [3.63, 3.8) is 0 Å². The predicted octanol–water partition coefficient (Wildman–Crippen LogP) is 1.06. The molecule has 0 aromatic rings. The molecule has 0 spiro atoms. The van der Waals surface area contributed by atoms with E-state index >= 15 is 0 Å². The van der Waals surface area contributed by atoms with Gasteiger partial charge in [0.05, 0.1) is 6.61 Å². The van der Waals surface area contributed by atoms with Gasteiger partial charge < -0.3 is 20.1 Å². The summed E-state index contributed by atoms with van der Waals surface area (Å²) in [6.07, 6.45) is 5.77. The molecule has 104 valence electrons. The van der Waals surface area contributed by atoms with Crippen LogP contribution in [0, 0.1) is 0 Å². The monoisotopic (exact) mass is 258 g/mol. The van der Waals surface area contributed by atoms with Crippen molar-refractivity contribution >= 4 is 12.0 Å². The maximum absolute atomic E-state index is 11.8. The second-order valence-electron chi connectivity index (χ2n) is 4.58. The van der Waals surface area contributed by atoms with E-state index in [2.05, 4.69) is 5.32 Å². The molecule has 0 unspecified atom stereocenters. The Bertz CT molecular complexity index is 277. The maximum Gasteiger partial charge on any atom is 0.329 e. The molecule has 0 aliphatic heterocycles. The summed E-state index contributed by atoms with van der Waals surface area (Å²) in [4.78, 5) is 23.7. The van der Waals surface area contributed by atoms with Crippen LogP contribution in [-0.2, 0) is 9.53 Å². The lowest BCUT2D eigenvalue weighted by Gasteiger charge is -2.31. The Morgan fingerprint density at radius 3 is 2.61 bits per heavy atom. The number of hydrogen-bond acceptors (Lipinski definition) is 3. The van der Waals surface area contributed by atoms with Crippen LogP contribution in [-0.4, -0.2) is 54.9 Å². The fourth-order valence-corrected chi connectivity index (χ4v) is 2.15. The van der Waals surface area contributed by atoms with Crippen molar-refractivity contribution < 1.29 is 19.4 Å². The van der Waals surface area contributed by atoms with Crippen molar-refractivity contribution in [2.45, 2.75) is 38.1 Å². The average molecular weight is 258 g/mol.